The Balaban J connectivity index is 1.64. The van der Waals surface area contributed by atoms with Gasteiger partial charge in [0.15, 0.2) is 0 Å². The van der Waals surface area contributed by atoms with Crippen molar-refractivity contribution >= 4 is 0 Å². The Labute approximate surface area is 110 Å². The molecular weight excluding hydrogens is 220 g/mol. The van der Waals surface area contributed by atoms with Crippen LogP contribution in [0.5, 0.6) is 0 Å². The van der Waals surface area contributed by atoms with Crippen molar-refractivity contribution in [2.75, 3.05) is 6.54 Å². The van der Waals surface area contributed by atoms with Gasteiger partial charge in [-0.2, -0.15) is 0 Å². The number of aromatic nitrogens is 1. The molecule has 4 aliphatic rings. The molecule has 1 unspecified atom stereocenters. The summed E-state index contributed by atoms with van der Waals surface area (Å²) in [5.74, 6) is 4.92. The second-order valence-corrected chi connectivity index (χ2v) is 6.94. The van der Waals surface area contributed by atoms with Crippen LogP contribution in [0.4, 0.5) is 0 Å². The number of nitrogens with two attached hydrogens (primary N) is 1. The quantitative estimate of drug-likeness (QED) is 0.870. The first kappa shape index (κ1) is 11.1. The summed E-state index contributed by atoms with van der Waals surface area (Å²) in [6.07, 6.45) is 11.9. The lowest BCUT2D eigenvalue weighted by Gasteiger charge is -2.56. The Kier molecular flexibility index (Phi) is 2.54. The second kappa shape index (κ2) is 4.12. The van der Waals surface area contributed by atoms with Gasteiger partial charge in [0.05, 0.1) is 0 Å². The third kappa shape index (κ3) is 1.58. The predicted molar refractivity (Wildman–Crippen MR) is 73.1 cm³/mol. The van der Waals surface area contributed by atoms with Crippen LogP contribution in [0.2, 0.25) is 0 Å². The lowest BCUT2D eigenvalue weighted by atomic mass is 9.50. The van der Waals surface area contributed by atoms with E-state index in [1.54, 1.807) is 0 Å². The zero-order valence-corrected chi connectivity index (χ0v) is 11.0. The molecule has 0 aliphatic heterocycles. The van der Waals surface area contributed by atoms with Crippen molar-refractivity contribution in [3.63, 3.8) is 0 Å². The third-order valence-electron chi connectivity index (χ3n) is 6.00. The third-order valence-corrected chi connectivity index (χ3v) is 6.00. The Morgan fingerprint density at radius 3 is 2.00 bits per heavy atom. The Morgan fingerprint density at radius 2 is 1.50 bits per heavy atom. The molecule has 0 saturated heterocycles. The van der Waals surface area contributed by atoms with Crippen LogP contribution < -0.4 is 5.73 Å². The molecule has 4 fully saturated rings. The van der Waals surface area contributed by atoms with Gasteiger partial charge in [0.2, 0.25) is 0 Å². The number of hydrogen-bond donors (Lipinski definition) is 1. The molecule has 0 aromatic carbocycles. The summed E-state index contributed by atoms with van der Waals surface area (Å²) in [5, 5.41) is 0. The highest BCUT2D eigenvalue weighted by molar-refractivity contribution is 5.03. The Morgan fingerprint density at radius 1 is 0.944 bits per heavy atom. The van der Waals surface area contributed by atoms with Gasteiger partial charge in [0.1, 0.15) is 0 Å². The lowest BCUT2D eigenvalue weighted by Crippen LogP contribution is -2.49. The maximum absolute atomic E-state index is 6.12. The Hall–Kier alpha value is -0.760. The molecule has 1 aromatic heterocycles. The van der Waals surface area contributed by atoms with Gasteiger partial charge >= 0.3 is 0 Å². The van der Waals surface area contributed by atoms with E-state index in [1.807, 2.05) is 0 Å². The van der Waals surface area contributed by atoms with E-state index in [4.69, 9.17) is 5.73 Å². The van der Waals surface area contributed by atoms with Crippen molar-refractivity contribution in [2.24, 2.45) is 35.3 Å². The van der Waals surface area contributed by atoms with E-state index in [0.29, 0.717) is 6.04 Å². The highest BCUT2D eigenvalue weighted by atomic mass is 15.0. The van der Waals surface area contributed by atoms with E-state index in [2.05, 4.69) is 29.1 Å². The summed E-state index contributed by atoms with van der Waals surface area (Å²) in [4.78, 5) is 0. The largest absolute Gasteiger partial charge is 0.350 e. The van der Waals surface area contributed by atoms with Crippen LogP contribution in [0.3, 0.4) is 0 Å². The molecule has 4 bridgehead atoms. The van der Waals surface area contributed by atoms with Gasteiger partial charge in [-0.1, -0.05) is 0 Å². The highest BCUT2D eigenvalue weighted by Gasteiger charge is 2.50. The summed E-state index contributed by atoms with van der Waals surface area (Å²) in [6.45, 7) is 0.807. The Bertz CT molecular complexity index is 381. The lowest BCUT2D eigenvalue weighted by molar-refractivity contribution is -0.0568. The molecular formula is C16H24N2. The second-order valence-electron chi connectivity index (χ2n) is 6.94. The highest BCUT2D eigenvalue weighted by Crippen LogP contribution is 2.58. The van der Waals surface area contributed by atoms with E-state index in [-0.39, 0.29) is 0 Å². The number of hydrogen-bond acceptors (Lipinski definition) is 1. The van der Waals surface area contributed by atoms with E-state index in [0.717, 1.165) is 36.1 Å². The first-order valence-corrected chi connectivity index (χ1v) is 7.67. The average molecular weight is 244 g/mol. The SMILES string of the molecule is NCC(C1C2CC3CC(C2)CC1C3)n1cccc1. The fraction of sp³-hybridized carbons (Fsp3) is 0.750. The van der Waals surface area contributed by atoms with Gasteiger partial charge < -0.3 is 10.3 Å². The summed E-state index contributed by atoms with van der Waals surface area (Å²) in [7, 11) is 0. The summed E-state index contributed by atoms with van der Waals surface area (Å²) in [6, 6.07) is 4.83. The molecule has 0 radical (unpaired) electrons. The van der Waals surface area contributed by atoms with Crippen LogP contribution in [0.1, 0.15) is 38.1 Å². The number of nitrogens with zero attached hydrogens (tertiary/aromatic N) is 1. The molecule has 1 heterocycles. The molecule has 1 atom stereocenters. The van der Waals surface area contributed by atoms with Gasteiger partial charge in [-0.3, -0.25) is 0 Å². The molecule has 98 valence electrons. The molecule has 0 spiro atoms. The molecule has 4 saturated carbocycles. The van der Waals surface area contributed by atoms with E-state index in [9.17, 15) is 0 Å². The van der Waals surface area contributed by atoms with Gasteiger partial charge in [0.25, 0.3) is 0 Å². The fourth-order valence-corrected chi connectivity index (χ4v) is 5.64. The maximum atomic E-state index is 6.12. The van der Waals surface area contributed by atoms with Crippen molar-refractivity contribution < 1.29 is 0 Å². The van der Waals surface area contributed by atoms with Gasteiger partial charge in [-0.15, -0.1) is 0 Å². The molecule has 2 nitrogen and oxygen atoms in total. The minimum absolute atomic E-state index is 0.551. The molecule has 18 heavy (non-hydrogen) atoms. The van der Waals surface area contributed by atoms with Crippen LogP contribution in [0.25, 0.3) is 0 Å². The molecule has 1 aromatic rings. The molecule has 5 rings (SSSR count). The van der Waals surface area contributed by atoms with Crippen LogP contribution in [-0.2, 0) is 0 Å². The summed E-state index contributed by atoms with van der Waals surface area (Å²) < 4.78 is 2.38. The monoisotopic (exact) mass is 244 g/mol. The predicted octanol–water partition coefficient (Wildman–Crippen LogP) is 3.06. The van der Waals surface area contributed by atoms with E-state index >= 15 is 0 Å². The van der Waals surface area contributed by atoms with Gasteiger partial charge in [-0.25, -0.2) is 0 Å². The normalized spacial score (nSPS) is 43.3. The fourth-order valence-electron chi connectivity index (χ4n) is 5.64. The zero-order valence-electron chi connectivity index (χ0n) is 11.0. The number of rotatable bonds is 3. The van der Waals surface area contributed by atoms with Crippen molar-refractivity contribution in [2.45, 2.75) is 38.1 Å². The molecule has 4 aliphatic carbocycles. The first-order valence-electron chi connectivity index (χ1n) is 7.67. The molecule has 2 heteroatoms. The first-order chi connectivity index (χ1) is 8.85. The zero-order chi connectivity index (χ0) is 12.1. The molecule has 0 amide bonds. The van der Waals surface area contributed by atoms with Crippen molar-refractivity contribution in [1.29, 1.82) is 0 Å². The van der Waals surface area contributed by atoms with Crippen LogP contribution in [-0.4, -0.2) is 11.1 Å². The van der Waals surface area contributed by atoms with Crippen LogP contribution >= 0.6 is 0 Å². The van der Waals surface area contributed by atoms with Crippen molar-refractivity contribution in [1.82, 2.24) is 4.57 Å². The van der Waals surface area contributed by atoms with Crippen molar-refractivity contribution in [3.05, 3.63) is 24.5 Å². The van der Waals surface area contributed by atoms with Gasteiger partial charge in [-0.05, 0) is 73.8 Å². The average Bonchev–Trinajstić information content (AvgIpc) is 2.86. The van der Waals surface area contributed by atoms with E-state index < -0.39 is 0 Å². The smallest absolute Gasteiger partial charge is 0.0486 e. The summed E-state index contributed by atoms with van der Waals surface area (Å²) >= 11 is 0. The van der Waals surface area contributed by atoms with Crippen LogP contribution in [0.15, 0.2) is 24.5 Å². The van der Waals surface area contributed by atoms with Gasteiger partial charge in [0, 0.05) is 25.0 Å². The maximum Gasteiger partial charge on any atom is 0.0486 e. The standard InChI is InChI=1S/C16H24N2/c17-10-15(18-3-1-2-4-18)16-13-6-11-5-12(8-13)9-14(16)7-11/h1-4,11-16H,5-10,17H2. The topological polar surface area (TPSA) is 30.9 Å². The summed E-state index contributed by atoms with van der Waals surface area (Å²) in [5.41, 5.74) is 6.12. The molecule has 2 N–H and O–H groups in total. The minimum Gasteiger partial charge on any atom is -0.350 e. The van der Waals surface area contributed by atoms with E-state index in [1.165, 1.54) is 32.1 Å². The van der Waals surface area contributed by atoms with Crippen LogP contribution in [0, 0.1) is 29.6 Å². The van der Waals surface area contributed by atoms with Crippen molar-refractivity contribution in [3.8, 4) is 0 Å². The minimum atomic E-state index is 0.551.